The molecule has 0 saturated carbocycles. The number of nitrogens with one attached hydrogen (secondary N) is 1. The van der Waals surface area contributed by atoms with Crippen molar-refractivity contribution in [3.8, 4) is 0 Å². The van der Waals surface area contributed by atoms with Gasteiger partial charge in [0.2, 0.25) is 0 Å². The third kappa shape index (κ3) is 1.55. The Morgan fingerprint density at radius 1 is 1.31 bits per heavy atom. The standard InChI is InChI=1S/C12H17N/c1-8-6-9(2)11-5-4-10(3)13-12(11)7-8/h6-7,10,13H,4-5H2,1-3H3. The Bertz CT molecular complexity index is 328. The number of aryl methyl sites for hydroxylation is 2. The largest absolute Gasteiger partial charge is 0.382 e. The molecule has 70 valence electrons. The van der Waals surface area contributed by atoms with Gasteiger partial charge in [0.05, 0.1) is 0 Å². The van der Waals surface area contributed by atoms with E-state index in [1.54, 1.807) is 0 Å². The average Bonchev–Trinajstić information content (AvgIpc) is 2.02. The van der Waals surface area contributed by atoms with Crippen molar-refractivity contribution in [2.75, 3.05) is 5.32 Å². The lowest BCUT2D eigenvalue weighted by molar-refractivity contribution is 0.678. The van der Waals surface area contributed by atoms with Crippen LogP contribution in [0.4, 0.5) is 5.69 Å². The van der Waals surface area contributed by atoms with E-state index in [2.05, 4.69) is 38.2 Å². The summed E-state index contributed by atoms with van der Waals surface area (Å²) < 4.78 is 0. The van der Waals surface area contributed by atoms with Crippen LogP contribution < -0.4 is 5.32 Å². The van der Waals surface area contributed by atoms with Crippen LogP contribution in [0.15, 0.2) is 12.1 Å². The summed E-state index contributed by atoms with van der Waals surface area (Å²) in [6.45, 7) is 6.62. The molecule has 1 heteroatoms. The lowest BCUT2D eigenvalue weighted by atomic mass is 9.93. The van der Waals surface area contributed by atoms with Crippen molar-refractivity contribution >= 4 is 5.69 Å². The normalized spacial score (nSPS) is 20.7. The predicted molar refractivity (Wildman–Crippen MR) is 57.3 cm³/mol. The first-order valence-electron chi connectivity index (χ1n) is 5.03. The SMILES string of the molecule is Cc1cc(C)c2c(c1)NC(C)CC2. The molecule has 1 N–H and O–H groups in total. The zero-order valence-electron chi connectivity index (χ0n) is 8.65. The van der Waals surface area contributed by atoms with Crippen LogP contribution >= 0.6 is 0 Å². The van der Waals surface area contributed by atoms with Crippen molar-refractivity contribution in [3.05, 3.63) is 28.8 Å². The van der Waals surface area contributed by atoms with Gasteiger partial charge < -0.3 is 5.32 Å². The molecule has 1 nitrogen and oxygen atoms in total. The highest BCUT2D eigenvalue weighted by atomic mass is 14.9. The Kier molecular flexibility index (Phi) is 2.03. The predicted octanol–water partition coefficient (Wildman–Crippen LogP) is 3.05. The fraction of sp³-hybridized carbons (Fsp3) is 0.500. The summed E-state index contributed by atoms with van der Waals surface area (Å²) in [5.41, 5.74) is 5.67. The van der Waals surface area contributed by atoms with E-state index < -0.39 is 0 Å². The fourth-order valence-corrected chi connectivity index (χ4v) is 2.16. The number of anilines is 1. The summed E-state index contributed by atoms with van der Waals surface area (Å²) in [6, 6.07) is 5.17. The van der Waals surface area contributed by atoms with E-state index in [-0.39, 0.29) is 0 Å². The molecule has 1 aromatic rings. The van der Waals surface area contributed by atoms with Crippen LogP contribution in [0.3, 0.4) is 0 Å². The van der Waals surface area contributed by atoms with Crippen LogP contribution in [-0.4, -0.2) is 6.04 Å². The van der Waals surface area contributed by atoms with Crippen molar-refractivity contribution in [1.29, 1.82) is 0 Å². The van der Waals surface area contributed by atoms with E-state index in [9.17, 15) is 0 Å². The van der Waals surface area contributed by atoms with Crippen molar-refractivity contribution in [1.82, 2.24) is 0 Å². The molecule has 0 fully saturated rings. The van der Waals surface area contributed by atoms with Gasteiger partial charge in [0.15, 0.2) is 0 Å². The summed E-state index contributed by atoms with van der Waals surface area (Å²) in [5.74, 6) is 0. The molecule has 0 aliphatic carbocycles. The molecule has 0 spiro atoms. The van der Waals surface area contributed by atoms with E-state index in [1.807, 2.05) is 0 Å². The molecular formula is C12H17N. The van der Waals surface area contributed by atoms with Gasteiger partial charge in [-0.1, -0.05) is 6.07 Å². The summed E-state index contributed by atoms with van der Waals surface area (Å²) in [6.07, 6.45) is 2.49. The molecule has 0 saturated heterocycles. The third-order valence-electron chi connectivity index (χ3n) is 2.85. The van der Waals surface area contributed by atoms with Gasteiger partial charge in [-0.05, 0) is 56.4 Å². The third-order valence-corrected chi connectivity index (χ3v) is 2.85. The lowest BCUT2D eigenvalue weighted by Gasteiger charge is -2.26. The van der Waals surface area contributed by atoms with Gasteiger partial charge >= 0.3 is 0 Å². The van der Waals surface area contributed by atoms with E-state index in [1.165, 1.54) is 35.2 Å². The zero-order valence-corrected chi connectivity index (χ0v) is 8.65. The summed E-state index contributed by atoms with van der Waals surface area (Å²) in [5, 5.41) is 3.54. The van der Waals surface area contributed by atoms with Crippen molar-refractivity contribution in [2.24, 2.45) is 0 Å². The Balaban J connectivity index is 2.47. The Morgan fingerprint density at radius 2 is 2.08 bits per heavy atom. The first-order chi connectivity index (χ1) is 6.16. The number of benzene rings is 1. The Hall–Kier alpha value is -0.980. The molecule has 2 rings (SSSR count). The van der Waals surface area contributed by atoms with Crippen molar-refractivity contribution < 1.29 is 0 Å². The average molecular weight is 175 g/mol. The molecule has 1 heterocycles. The van der Waals surface area contributed by atoms with Gasteiger partial charge in [-0.3, -0.25) is 0 Å². The number of fused-ring (bicyclic) bond motifs is 1. The Labute approximate surface area is 80.2 Å². The van der Waals surface area contributed by atoms with E-state index >= 15 is 0 Å². The monoisotopic (exact) mass is 175 g/mol. The Morgan fingerprint density at radius 3 is 2.85 bits per heavy atom. The maximum atomic E-state index is 3.54. The summed E-state index contributed by atoms with van der Waals surface area (Å²) in [4.78, 5) is 0. The molecule has 0 aromatic heterocycles. The van der Waals surface area contributed by atoms with Crippen molar-refractivity contribution in [2.45, 2.75) is 39.7 Å². The first kappa shape index (κ1) is 8.61. The molecule has 0 amide bonds. The van der Waals surface area contributed by atoms with Gasteiger partial charge in [-0.25, -0.2) is 0 Å². The lowest BCUT2D eigenvalue weighted by Crippen LogP contribution is -2.22. The second kappa shape index (κ2) is 3.06. The fourth-order valence-electron chi connectivity index (χ4n) is 2.16. The minimum Gasteiger partial charge on any atom is -0.382 e. The molecule has 1 aromatic carbocycles. The zero-order chi connectivity index (χ0) is 9.42. The van der Waals surface area contributed by atoms with Gasteiger partial charge in [-0.15, -0.1) is 0 Å². The van der Waals surface area contributed by atoms with Gasteiger partial charge in [-0.2, -0.15) is 0 Å². The number of rotatable bonds is 0. The highest BCUT2D eigenvalue weighted by molar-refractivity contribution is 5.58. The van der Waals surface area contributed by atoms with Crippen LogP contribution in [-0.2, 0) is 6.42 Å². The molecule has 1 unspecified atom stereocenters. The van der Waals surface area contributed by atoms with Crippen molar-refractivity contribution in [3.63, 3.8) is 0 Å². The number of hydrogen-bond donors (Lipinski definition) is 1. The molecular weight excluding hydrogens is 158 g/mol. The summed E-state index contributed by atoms with van der Waals surface area (Å²) in [7, 11) is 0. The first-order valence-corrected chi connectivity index (χ1v) is 5.03. The van der Waals surface area contributed by atoms with Crippen LogP contribution in [0.5, 0.6) is 0 Å². The van der Waals surface area contributed by atoms with Gasteiger partial charge in [0, 0.05) is 11.7 Å². The highest BCUT2D eigenvalue weighted by Gasteiger charge is 2.15. The minimum absolute atomic E-state index is 0.633. The minimum atomic E-state index is 0.633. The maximum absolute atomic E-state index is 3.54. The van der Waals surface area contributed by atoms with Crippen LogP contribution in [0.2, 0.25) is 0 Å². The van der Waals surface area contributed by atoms with Crippen LogP contribution in [0.1, 0.15) is 30.0 Å². The van der Waals surface area contributed by atoms with E-state index in [4.69, 9.17) is 0 Å². The molecule has 1 aliphatic heterocycles. The molecule has 1 atom stereocenters. The van der Waals surface area contributed by atoms with E-state index in [0.29, 0.717) is 6.04 Å². The molecule has 13 heavy (non-hydrogen) atoms. The van der Waals surface area contributed by atoms with Gasteiger partial charge in [0.1, 0.15) is 0 Å². The second-order valence-corrected chi connectivity index (χ2v) is 4.19. The quantitative estimate of drug-likeness (QED) is 0.639. The number of hydrogen-bond acceptors (Lipinski definition) is 1. The molecule has 0 bridgehead atoms. The van der Waals surface area contributed by atoms with Crippen LogP contribution in [0.25, 0.3) is 0 Å². The molecule has 0 radical (unpaired) electrons. The summed E-state index contributed by atoms with van der Waals surface area (Å²) >= 11 is 0. The second-order valence-electron chi connectivity index (χ2n) is 4.19. The van der Waals surface area contributed by atoms with Crippen LogP contribution in [0, 0.1) is 13.8 Å². The topological polar surface area (TPSA) is 12.0 Å². The smallest absolute Gasteiger partial charge is 0.0380 e. The maximum Gasteiger partial charge on any atom is 0.0380 e. The highest BCUT2D eigenvalue weighted by Crippen LogP contribution is 2.28. The molecule has 1 aliphatic rings. The van der Waals surface area contributed by atoms with Gasteiger partial charge in [0.25, 0.3) is 0 Å². The van der Waals surface area contributed by atoms with E-state index in [0.717, 1.165) is 0 Å².